The van der Waals surface area contributed by atoms with Crippen molar-refractivity contribution in [1.82, 2.24) is 0 Å². The Bertz CT molecular complexity index is 628. The first-order valence-electron chi connectivity index (χ1n) is 6.77. The molecule has 1 saturated heterocycles. The minimum absolute atomic E-state index is 0.343. The van der Waals surface area contributed by atoms with Gasteiger partial charge in [-0.2, -0.15) is 5.26 Å². The lowest BCUT2D eigenvalue weighted by Gasteiger charge is -2.32. The van der Waals surface area contributed by atoms with Crippen LogP contribution in [0.2, 0.25) is 0 Å². The van der Waals surface area contributed by atoms with E-state index in [1.54, 1.807) is 6.07 Å². The van der Waals surface area contributed by atoms with Crippen LogP contribution in [0.15, 0.2) is 29.8 Å². The molecule has 0 spiro atoms. The van der Waals surface area contributed by atoms with Crippen molar-refractivity contribution in [3.63, 3.8) is 0 Å². The summed E-state index contributed by atoms with van der Waals surface area (Å²) >= 11 is 0. The second-order valence-corrected chi connectivity index (χ2v) is 6.11. The van der Waals surface area contributed by atoms with Gasteiger partial charge < -0.3 is 9.31 Å². The predicted octanol–water partition coefficient (Wildman–Crippen LogP) is 2.85. The highest BCUT2D eigenvalue weighted by Gasteiger charge is 2.51. The fraction of sp³-hybridized carbons (Fsp3) is 0.375. The summed E-state index contributed by atoms with van der Waals surface area (Å²) in [5, 5.41) is 9.06. The lowest BCUT2D eigenvalue weighted by atomic mass is 9.77. The molecular formula is C16H19BN2O2. The Kier molecular flexibility index (Phi) is 3.79. The van der Waals surface area contributed by atoms with E-state index in [0.717, 1.165) is 5.46 Å². The molecular weight excluding hydrogens is 263 g/mol. The van der Waals surface area contributed by atoms with E-state index in [1.807, 2.05) is 45.9 Å². The van der Waals surface area contributed by atoms with E-state index in [9.17, 15) is 0 Å². The molecule has 5 heteroatoms. The van der Waals surface area contributed by atoms with E-state index < -0.39 is 18.3 Å². The predicted molar refractivity (Wildman–Crippen MR) is 86.0 cm³/mol. The fourth-order valence-electron chi connectivity index (χ4n) is 2.12. The van der Waals surface area contributed by atoms with Crippen molar-refractivity contribution in [3.8, 4) is 6.07 Å². The molecule has 0 N–H and O–H groups in total. The molecule has 4 nitrogen and oxygen atoms in total. The highest BCUT2D eigenvalue weighted by atomic mass is 16.7. The Labute approximate surface area is 126 Å². The third-order valence-electron chi connectivity index (χ3n) is 4.18. The Morgan fingerprint density at radius 3 is 2.29 bits per heavy atom. The van der Waals surface area contributed by atoms with Crippen molar-refractivity contribution in [2.45, 2.75) is 38.9 Å². The molecule has 0 atom stereocenters. The molecule has 0 aromatic heterocycles. The monoisotopic (exact) mass is 282 g/mol. The van der Waals surface area contributed by atoms with Crippen molar-refractivity contribution in [2.24, 2.45) is 4.99 Å². The zero-order valence-corrected chi connectivity index (χ0v) is 12.9. The van der Waals surface area contributed by atoms with Crippen LogP contribution < -0.4 is 5.46 Å². The maximum Gasteiger partial charge on any atom is 0.494 e. The Morgan fingerprint density at radius 2 is 1.81 bits per heavy atom. The summed E-state index contributed by atoms with van der Waals surface area (Å²) in [7, 11) is -0.473. The molecule has 1 aromatic rings. The molecule has 1 aliphatic rings. The van der Waals surface area contributed by atoms with Gasteiger partial charge in [-0.3, -0.25) is 4.99 Å². The zero-order valence-electron chi connectivity index (χ0n) is 12.9. The molecule has 2 rings (SSSR count). The molecule has 0 amide bonds. The fourth-order valence-corrected chi connectivity index (χ4v) is 2.12. The molecule has 0 unspecified atom stereocenters. The number of nitriles is 1. The number of aliphatic imine (C=N–C) groups is 1. The van der Waals surface area contributed by atoms with E-state index in [-0.39, 0.29) is 0 Å². The van der Waals surface area contributed by atoms with Crippen molar-refractivity contribution in [1.29, 1.82) is 5.26 Å². The Balaban J connectivity index is 2.42. The molecule has 1 fully saturated rings. The molecule has 0 radical (unpaired) electrons. The van der Waals surface area contributed by atoms with Crippen LogP contribution in [0.3, 0.4) is 0 Å². The summed E-state index contributed by atoms with van der Waals surface area (Å²) in [6.45, 7) is 15.3. The van der Waals surface area contributed by atoms with Crippen LogP contribution in [0.4, 0.5) is 5.69 Å². The van der Waals surface area contributed by atoms with Gasteiger partial charge in [0.2, 0.25) is 0 Å². The highest BCUT2D eigenvalue weighted by molar-refractivity contribution is 6.62. The number of hydrogen-bond donors (Lipinski definition) is 0. The lowest BCUT2D eigenvalue weighted by Crippen LogP contribution is -2.41. The Morgan fingerprint density at radius 1 is 1.24 bits per heavy atom. The summed E-state index contributed by atoms with van der Waals surface area (Å²) in [6.07, 6.45) is 0. The molecule has 1 heterocycles. The zero-order chi connectivity index (χ0) is 15.8. The third kappa shape index (κ3) is 2.65. The van der Waals surface area contributed by atoms with Gasteiger partial charge in [0.15, 0.2) is 0 Å². The second-order valence-electron chi connectivity index (χ2n) is 6.11. The smallest absolute Gasteiger partial charge is 0.399 e. The maximum atomic E-state index is 9.06. The van der Waals surface area contributed by atoms with Gasteiger partial charge in [-0.1, -0.05) is 18.7 Å². The van der Waals surface area contributed by atoms with Gasteiger partial charge in [0.05, 0.1) is 28.5 Å². The molecule has 108 valence electrons. The van der Waals surface area contributed by atoms with E-state index in [2.05, 4.69) is 18.3 Å². The Hall–Kier alpha value is -1.90. The maximum absolute atomic E-state index is 9.06. The summed E-state index contributed by atoms with van der Waals surface area (Å²) in [5.41, 5.74) is 1.66. The van der Waals surface area contributed by atoms with E-state index in [1.165, 1.54) is 0 Å². The van der Waals surface area contributed by atoms with Gasteiger partial charge in [0.1, 0.15) is 0 Å². The van der Waals surface area contributed by atoms with Crippen LogP contribution in [-0.2, 0) is 9.31 Å². The second kappa shape index (κ2) is 5.14. The van der Waals surface area contributed by atoms with Gasteiger partial charge in [0.25, 0.3) is 0 Å². The number of benzene rings is 1. The van der Waals surface area contributed by atoms with E-state index in [0.29, 0.717) is 16.8 Å². The summed E-state index contributed by atoms with van der Waals surface area (Å²) in [4.78, 5) is 3.92. The van der Waals surface area contributed by atoms with Crippen LogP contribution in [0, 0.1) is 11.3 Å². The van der Waals surface area contributed by atoms with Gasteiger partial charge in [0, 0.05) is 5.56 Å². The average Bonchev–Trinajstić information content (AvgIpc) is 2.66. The normalized spacial score (nSPS) is 19.1. The topological polar surface area (TPSA) is 54.6 Å². The number of allylic oxidation sites excluding steroid dienone is 1. The summed E-state index contributed by atoms with van der Waals surface area (Å²) in [5.74, 6) is 0. The number of hydrogen-bond acceptors (Lipinski definition) is 4. The minimum Gasteiger partial charge on any atom is -0.399 e. The highest BCUT2D eigenvalue weighted by Crippen LogP contribution is 2.37. The van der Waals surface area contributed by atoms with Crippen molar-refractivity contribution in [3.05, 3.63) is 30.3 Å². The number of rotatable bonds is 3. The summed E-state index contributed by atoms with van der Waals surface area (Å²) < 4.78 is 12.0. The molecule has 0 bridgehead atoms. The van der Waals surface area contributed by atoms with Gasteiger partial charge in [-0.05, 0) is 45.9 Å². The SMILES string of the molecule is C=Nc1ccc(B2OC(C)(C)C(C)(C)O2)cc1C(=C)C#N. The number of nitrogens with zero attached hydrogens (tertiary/aromatic N) is 2. The molecule has 0 saturated carbocycles. The van der Waals surface area contributed by atoms with E-state index in [4.69, 9.17) is 14.6 Å². The van der Waals surface area contributed by atoms with Crippen LogP contribution in [0.5, 0.6) is 0 Å². The van der Waals surface area contributed by atoms with Crippen LogP contribution in [0.25, 0.3) is 5.57 Å². The first-order chi connectivity index (χ1) is 9.71. The van der Waals surface area contributed by atoms with Crippen molar-refractivity contribution >= 4 is 30.6 Å². The quantitative estimate of drug-likeness (QED) is 0.486. The average molecular weight is 282 g/mol. The first-order valence-corrected chi connectivity index (χ1v) is 6.77. The molecule has 1 aliphatic heterocycles. The van der Waals surface area contributed by atoms with Gasteiger partial charge >= 0.3 is 7.12 Å². The van der Waals surface area contributed by atoms with Crippen molar-refractivity contribution < 1.29 is 9.31 Å². The van der Waals surface area contributed by atoms with Crippen LogP contribution >= 0.6 is 0 Å². The van der Waals surface area contributed by atoms with Gasteiger partial charge in [-0.25, -0.2) is 0 Å². The summed E-state index contributed by atoms with van der Waals surface area (Å²) in [6, 6.07) is 7.55. The first kappa shape index (κ1) is 15.5. The standard InChI is InChI=1S/C16H19BN2O2/c1-11(10-18)13-9-12(7-8-14(13)19-6)17-20-15(2,3)16(4,5)21-17/h7-9H,1,6H2,2-5H3. The third-order valence-corrected chi connectivity index (χ3v) is 4.18. The van der Waals surface area contributed by atoms with Crippen LogP contribution in [-0.4, -0.2) is 25.0 Å². The minimum atomic E-state index is -0.473. The molecule has 21 heavy (non-hydrogen) atoms. The lowest BCUT2D eigenvalue weighted by molar-refractivity contribution is 0.00578. The largest absolute Gasteiger partial charge is 0.494 e. The molecule has 1 aromatic carbocycles. The molecule has 0 aliphatic carbocycles. The van der Waals surface area contributed by atoms with Gasteiger partial charge in [-0.15, -0.1) is 0 Å². The van der Waals surface area contributed by atoms with Crippen molar-refractivity contribution in [2.75, 3.05) is 0 Å². The van der Waals surface area contributed by atoms with E-state index >= 15 is 0 Å². The van der Waals surface area contributed by atoms with Crippen LogP contribution in [0.1, 0.15) is 33.3 Å².